The molecule has 3 N–H and O–H groups in total. The molecule has 1 aromatic carbocycles. The third-order valence-corrected chi connectivity index (χ3v) is 10.9. The van der Waals surface area contributed by atoms with Crippen molar-refractivity contribution in [1.82, 2.24) is 25.1 Å². The minimum atomic E-state index is -0.449. The molecule has 0 unspecified atom stereocenters. The summed E-state index contributed by atoms with van der Waals surface area (Å²) in [6, 6.07) is 5.58. The highest BCUT2D eigenvalue weighted by molar-refractivity contribution is 7.18. The van der Waals surface area contributed by atoms with Gasteiger partial charge in [-0.3, -0.25) is 20.2 Å². The number of rotatable bonds is 9. The van der Waals surface area contributed by atoms with E-state index in [0.29, 0.717) is 50.3 Å². The number of aromatic nitrogens is 2. The van der Waals surface area contributed by atoms with E-state index in [1.54, 1.807) is 18.7 Å². The third kappa shape index (κ3) is 8.53. The number of ketones is 2. The van der Waals surface area contributed by atoms with Crippen LogP contribution in [0.2, 0.25) is 0 Å². The maximum absolute atomic E-state index is 13.4. The Morgan fingerprint density at radius 2 is 1.52 bits per heavy atom. The molecule has 0 radical (unpaired) electrons. The average Bonchev–Trinajstić information content (AvgIpc) is 3.56. The van der Waals surface area contributed by atoms with E-state index in [-0.39, 0.29) is 41.9 Å². The van der Waals surface area contributed by atoms with Crippen molar-refractivity contribution in [3.63, 3.8) is 0 Å². The molecule has 2 aliphatic heterocycles. The van der Waals surface area contributed by atoms with E-state index in [4.69, 9.17) is 0 Å². The second kappa shape index (κ2) is 14.8. The zero-order chi connectivity index (χ0) is 33.0. The summed E-state index contributed by atoms with van der Waals surface area (Å²) in [6.45, 7) is 9.82. The second-order valence-electron chi connectivity index (χ2n) is 12.2. The fourth-order valence-electron chi connectivity index (χ4n) is 6.36. The highest BCUT2D eigenvalue weighted by atomic mass is 32.1. The summed E-state index contributed by atoms with van der Waals surface area (Å²) < 4.78 is 13.4. The van der Waals surface area contributed by atoms with Crippen LogP contribution in [0, 0.1) is 31.5 Å². The molecule has 11 nitrogen and oxygen atoms in total. The zero-order valence-electron chi connectivity index (χ0n) is 26.5. The van der Waals surface area contributed by atoms with E-state index in [1.165, 1.54) is 26.0 Å². The summed E-state index contributed by atoms with van der Waals surface area (Å²) in [5.74, 6) is 0.0859. The topological polar surface area (TPSA) is 137 Å². The van der Waals surface area contributed by atoms with E-state index in [0.717, 1.165) is 67.1 Å². The Labute approximate surface area is 276 Å². The molecule has 4 amide bonds. The van der Waals surface area contributed by atoms with Crippen LogP contribution in [0.3, 0.4) is 0 Å². The predicted octanol–water partition coefficient (Wildman–Crippen LogP) is 5.76. The smallest absolute Gasteiger partial charge is 0.323 e. The molecule has 5 rings (SSSR count). The Balaban J connectivity index is 1.26. The van der Waals surface area contributed by atoms with Crippen LogP contribution < -0.4 is 16.0 Å². The summed E-state index contributed by atoms with van der Waals surface area (Å²) in [7, 11) is 0. The monoisotopic (exact) mass is 669 g/mol. The van der Waals surface area contributed by atoms with Crippen LogP contribution >= 0.6 is 22.7 Å². The lowest BCUT2D eigenvalue weighted by molar-refractivity contribution is 0.101. The number of aryl methyl sites for hydroxylation is 2. The number of benzene rings is 1. The largest absolute Gasteiger partial charge is 0.333 e. The number of nitrogens with zero attached hydrogens (tertiary/aromatic N) is 4. The Morgan fingerprint density at radius 1 is 0.891 bits per heavy atom. The number of carbonyl (C=O) groups excluding carboxylic acids is 4. The van der Waals surface area contributed by atoms with Gasteiger partial charge in [0.1, 0.15) is 5.82 Å². The molecule has 3 aromatic rings. The van der Waals surface area contributed by atoms with Crippen LogP contribution in [0.25, 0.3) is 0 Å². The number of hydrogen-bond donors (Lipinski definition) is 3. The quantitative estimate of drug-likeness (QED) is 0.247. The summed E-state index contributed by atoms with van der Waals surface area (Å²) in [5, 5.41) is 9.39. The number of piperidine rings is 2. The first kappa shape index (κ1) is 33.6. The minimum Gasteiger partial charge on any atom is -0.333 e. The molecule has 3 atom stereocenters. The number of amides is 4. The maximum atomic E-state index is 13.4. The molecule has 14 heteroatoms. The van der Waals surface area contributed by atoms with Gasteiger partial charge in [0.2, 0.25) is 0 Å². The van der Waals surface area contributed by atoms with Gasteiger partial charge in [-0.1, -0.05) is 34.8 Å². The molecule has 46 heavy (non-hydrogen) atoms. The first-order valence-electron chi connectivity index (χ1n) is 15.5. The molecule has 2 fully saturated rings. The van der Waals surface area contributed by atoms with Gasteiger partial charge >= 0.3 is 12.1 Å². The standard InChI is InChI=1S/C32H40FN7O4S2/c1-18-27(20(3)41)45-30(34-18)37-29(43)36-26-17-40(32(44)38-31-35-19(2)28(46-31)21(4)42)13-11-24(26)16-39-12-5-6-23(15-39)14-22-7-9-25(33)10-8-22/h7-10,23-24,26H,5-6,11-17H2,1-4H3,(H,35,38,44)(H2,34,36,37,43)/t23-,24-,26-/m0/s1. The molecular formula is C32H40FN7O4S2. The van der Waals surface area contributed by atoms with E-state index in [2.05, 4.69) is 30.8 Å². The van der Waals surface area contributed by atoms with Crippen molar-refractivity contribution >= 4 is 56.6 Å². The van der Waals surface area contributed by atoms with Crippen molar-refractivity contribution in [2.24, 2.45) is 11.8 Å². The normalized spacial score (nSPS) is 20.3. The number of thiazole rings is 2. The number of Topliss-reactive ketones (excluding diaryl/α,β-unsaturated/α-hetero) is 2. The number of halogens is 1. The summed E-state index contributed by atoms with van der Waals surface area (Å²) >= 11 is 2.28. The number of anilines is 2. The van der Waals surface area contributed by atoms with Crippen LogP contribution in [0.1, 0.15) is 69.4 Å². The van der Waals surface area contributed by atoms with E-state index < -0.39 is 6.03 Å². The lowest BCUT2D eigenvalue weighted by Crippen LogP contribution is -2.58. The van der Waals surface area contributed by atoms with Crippen LogP contribution in [-0.4, -0.2) is 82.2 Å². The van der Waals surface area contributed by atoms with Crippen LogP contribution in [0.5, 0.6) is 0 Å². The minimum absolute atomic E-state index is 0.0802. The lowest BCUT2D eigenvalue weighted by Gasteiger charge is -2.42. The van der Waals surface area contributed by atoms with E-state index in [9.17, 15) is 23.6 Å². The van der Waals surface area contributed by atoms with Gasteiger partial charge < -0.3 is 15.1 Å². The molecule has 2 saturated heterocycles. The molecule has 4 heterocycles. The number of urea groups is 2. The number of carbonyl (C=O) groups is 4. The Bertz CT molecular complexity index is 1590. The average molecular weight is 670 g/mol. The summed E-state index contributed by atoms with van der Waals surface area (Å²) in [4.78, 5) is 64.1. The lowest BCUT2D eigenvalue weighted by atomic mass is 9.87. The van der Waals surface area contributed by atoms with Gasteiger partial charge in [0, 0.05) is 40.0 Å². The fraction of sp³-hybridized carbons (Fsp3) is 0.500. The van der Waals surface area contributed by atoms with Crippen LogP contribution in [-0.2, 0) is 6.42 Å². The Morgan fingerprint density at radius 3 is 2.13 bits per heavy atom. The van der Waals surface area contributed by atoms with Crippen molar-refractivity contribution < 1.29 is 23.6 Å². The van der Waals surface area contributed by atoms with E-state index >= 15 is 0 Å². The van der Waals surface area contributed by atoms with Gasteiger partial charge in [-0.15, -0.1) is 0 Å². The highest BCUT2D eigenvalue weighted by Gasteiger charge is 2.35. The summed E-state index contributed by atoms with van der Waals surface area (Å²) in [5.41, 5.74) is 2.27. The van der Waals surface area contributed by atoms with Gasteiger partial charge in [-0.05, 0) is 75.6 Å². The van der Waals surface area contributed by atoms with Crippen LogP contribution in [0.4, 0.5) is 24.2 Å². The van der Waals surface area contributed by atoms with Gasteiger partial charge in [0.05, 0.1) is 27.2 Å². The molecule has 2 aliphatic rings. The predicted molar refractivity (Wildman–Crippen MR) is 178 cm³/mol. The van der Waals surface area contributed by atoms with Crippen molar-refractivity contribution in [3.05, 3.63) is 56.8 Å². The number of hydrogen-bond acceptors (Lipinski definition) is 9. The molecular weight excluding hydrogens is 630 g/mol. The molecule has 0 spiro atoms. The first-order valence-corrected chi connectivity index (χ1v) is 17.2. The van der Waals surface area contributed by atoms with Crippen molar-refractivity contribution in [2.45, 2.75) is 59.4 Å². The zero-order valence-corrected chi connectivity index (χ0v) is 28.2. The maximum Gasteiger partial charge on any atom is 0.323 e. The molecule has 0 saturated carbocycles. The van der Waals surface area contributed by atoms with Crippen molar-refractivity contribution in [3.8, 4) is 0 Å². The first-order chi connectivity index (χ1) is 21.9. The highest BCUT2D eigenvalue weighted by Crippen LogP contribution is 2.28. The van der Waals surface area contributed by atoms with Gasteiger partial charge in [0.15, 0.2) is 21.8 Å². The van der Waals surface area contributed by atoms with Crippen LogP contribution in [0.15, 0.2) is 24.3 Å². The molecule has 2 aromatic heterocycles. The van der Waals surface area contributed by atoms with Gasteiger partial charge in [0.25, 0.3) is 0 Å². The Hall–Kier alpha value is -3.75. The Kier molecular flexibility index (Phi) is 10.8. The van der Waals surface area contributed by atoms with Gasteiger partial charge in [-0.25, -0.2) is 23.9 Å². The van der Waals surface area contributed by atoms with Crippen molar-refractivity contribution in [2.75, 3.05) is 43.4 Å². The summed E-state index contributed by atoms with van der Waals surface area (Å²) in [6.07, 6.45) is 3.73. The third-order valence-electron chi connectivity index (χ3n) is 8.56. The van der Waals surface area contributed by atoms with Gasteiger partial charge in [-0.2, -0.15) is 0 Å². The van der Waals surface area contributed by atoms with Crippen molar-refractivity contribution in [1.29, 1.82) is 0 Å². The number of nitrogens with one attached hydrogen (secondary N) is 3. The second-order valence-corrected chi connectivity index (χ2v) is 14.2. The molecule has 0 bridgehead atoms. The number of likely N-dealkylation sites (tertiary alicyclic amines) is 2. The molecule has 246 valence electrons. The fourth-order valence-corrected chi connectivity index (χ4v) is 8.07. The SMILES string of the molecule is CC(=O)c1sc(NC(=O)N[C@H]2CN(C(=O)Nc3nc(C)c(C(C)=O)s3)CC[C@H]2CN2CCC[C@@H](Cc3ccc(F)cc3)C2)nc1C. The van der Waals surface area contributed by atoms with E-state index in [1.807, 2.05) is 12.1 Å². The molecule has 0 aliphatic carbocycles.